The zero-order chi connectivity index (χ0) is 15.4. The van der Waals surface area contributed by atoms with Gasteiger partial charge in [-0.1, -0.05) is 13.0 Å². The molecule has 114 valence electrons. The molecule has 0 aromatic heterocycles. The Bertz CT molecular complexity index is 519. The fourth-order valence-electron chi connectivity index (χ4n) is 2.67. The molecule has 1 atom stereocenters. The Morgan fingerprint density at radius 3 is 2.43 bits per heavy atom. The molecule has 1 aromatic rings. The second-order valence-electron chi connectivity index (χ2n) is 5.11. The largest absolute Gasteiger partial charge is 0.496 e. The van der Waals surface area contributed by atoms with E-state index >= 15 is 0 Å². The van der Waals surface area contributed by atoms with Gasteiger partial charge >= 0.3 is 0 Å². The standard InChI is InChI=1S/C16H21NO4/c1-4-11-10-17(9-8-12(11)18)16(19)15-13(20-2)6-5-7-14(15)21-3/h5-7,11H,4,8-10H2,1-3H3. The fraction of sp³-hybridized carbons (Fsp3) is 0.500. The number of benzene rings is 1. The zero-order valence-corrected chi connectivity index (χ0v) is 12.7. The van der Waals surface area contributed by atoms with Gasteiger partial charge in [-0.3, -0.25) is 9.59 Å². The number of piperidine rings is 1. The van der Waals surface area contributed by atoms with E-state index in [0.29, 0.717) is 36.6 Å². The molecule has 0 saturated carbocycles. The van der Waals surface area contributed by atoms with Crippen LogP contribution in [0.5, 0.6) is 11.5 Å². The molecular weight excluding hydrogens is 270 g/mol. The SMILES string of the molecule is CCC1CN(C(=O)c2c(OC)cccc2OC)CCC1=O. The number of amides is 1. The number of rotatable bonds is 4. The Morgan fingerprint density at radius 2 is 1.90 bits per heavy atom. The Kier molecular flexibility index (Phi) is 4.83. The summed E-state index contributed by atoms with van der Waals surface area (Å²) in [6.45, 7) is 2.89. The first-order valence-corrected chi connectivity index (χ1v) is 7.15. The average Bonchev–Trinajstić information content (AvgIpc) is 2.53. The molecule has 0 radical (unpaired) electrons. The number of methoxy groups -OCH3 is 2. The van der Waals surface area contributed by atoms with Gasteiger partial charge in [-0.2, -0.15) is 0 Å². The summed E-state index contributed by atoms with van der Waals surface area (Å²) in [7, 11) is 3.06. The molecule has 0 N–H and O–H groups in total. The highest BCUT2D eigenvalue weighted by molar-refractivity contribution is 6.00. The van der Waals surface area contributed by atoms with Gasteiger partial charge in [-0.05, 0) is 18.6 Å². The Morgan fingerprint density at radius 1 is 1.29 bits per heavy atom. The maximum absolute atomic E-state index is 12.8. The highest BCUT2D eigenvalue weighted by Gasteiger charge is 2.31. The molecule has 1 aliphatic rings. The number of Topliss-reactive ketones (excluding diaryl/α,β-unsaturated/α-hetero) is 1. The lowest BCUT2D eigenvalue weighted by Gasteiger charge is -2.32. The summed E-state index contributed by atoms with van der Waals surface area (Å²) in [5, 5.41) is 0. The van der Waals surface area contributed by atoms with Crippen LogP contribution in [0.3, 0.4) is 0 Å². The van der Waals surface area contributed by atoms with Gasteiger partial charge in [0.25, 0.3) is 5.91 Å². The van der Waals surface area contributed by atoms with Crippen LogP contribution in [0.2, 0.25) is 0 Å². The van der Waals surface area contributed by atoms with Gasteiger partial charge in [-0.25, -0.2) is 0 Å². The number of likely N-dealkylation sites (tertiary alicyclic amines) is 1. The molecule has 1 aromatic carbocycles. The van der Waals surface area contributed by atoms with Gasteiger partial charge in [0.2, 0.25) is 0 Å². The van der Waals surface area contributed by atoms with Crippen LogP contribution in [0.1, 0.15) is 30.1 Å². The third kappa shape index (κ3) is 3.01. The summed E-state index contributed by atoms with van der Waals surface area (Å²) in [5.41, 5.74) is 0.423. The van der Waals surface area contributed by atoms with E-state index < -0.39 is 0 Å². The minimum absolute atomic E-state index is 0.0663. The maximum atomic E-state index is 12.8. The molecule has 1 saturated heterocycles. The van der Waals surface area contributed by atoms with Gasteiger partial charge in [0.05, 0.1) is 14.2 Å². The molecule has 1 heterocycles. The first-order valence-electron chi connectivity index (χ1n) is 7.15. The molecule has 2 rings (SSSR count). The van der Waals surface area contributed by atoms with E-state index in [4.69, 9.17) is 9.47 Å². The van der Waals surface area contributed by atoms with Gasteiger partial charge < -0.3 is 14.4 Å². The van der Waals surface area contributed by atoms with Gasteiger partial charge in [0.1, 0.15) is 22.8 Å². The molecule has 0 bridgehead atoms. The molecule has 0 aliphatic carbocycles. The van der Waals surface area contributed by atoms with Crippen LogP contribution in [0, 0.1) is 5.92 Å². The van der Waals surface area contributed by atoms with E-state index in [1.807, 2.05) is 6.92 Å². The first-order chi connectivity index (χ1) is 10.1. The third-order valence-corrected chi connectivity index (χ3v) is 3.95. The van der Waals surface area contributed by atoms with Crippen molar-refractivity contribution in [3.63, 3.8) is 0 Å². The van der Waals surface area contributed by atoms with Crippen LogP contribution in [0.4, 0.5) is 0 Å². The number of hydrogen-bond acceptors (Lipinski definition) is 4. The smallest absolute Gasteiger partial charge is 0.261 e. The van der Waals surface area contributed by atoms with Crippen molar-refractivity contribution in [1.29, 1.82) is 0 Å². The molecule has 1 unspecified atom stereocenters. The molecule has 21 heavy (non-hydrogen) atoms. The van der Waals surface area contributed by atoms with Crippen LogP contribution in [0.15, 0.2) is 18.2 Å². The number of nitrogens with zero attached hydrogens (tertiary/aromatic N) is 1. The van der Waals surface area contributed by atoms with Crippen LogP contribution >= 0.6 is 0 Å². The van der Waals surface area contributed by atoms with E-state index in [1.165, 1.54) is 14.2 Å². The maximum Gasteiger partial charge on any atom is 0.261 e. The Balaban J connectivity index is 2.30. The summed E-state index contributed by atoms with van der Waals surface area (Å²) < 4.78 is 10.6. The highest BCUT2D eigenvalue weighted by Crippen LogP contribution is 2.30. The van der Waals surface area contributed by atoms with Gasteiger partial charge in [0.15, 0.2) is 0 Å². The number of carbonyl (C=O) groups is 2. The average molecular weight is 291 g/mol. The summed E-state index contributed by atoms with van der Waals surface area (Å²) in [4.78, 5) is 26.3. The van der Waals surface area contributed by atoms with Crippen molar-refractivity contribution in [2.24, 2.45) is 5.92 Å². The highest BCUT2D eigenvalue weighted by atomic mass is 16.5. The summed E-state index contributed by atoms with van der Waals surface area (Å²) >= 11 is 0. The molecule has 1 aliphatic heterocycles. The van der Waals surface area contributed by atoms with Crippen molar-refractivity contribution < 1.29 is 19.1 Å². The number of ketones is 1. The van der Waals surface area contributed by atoms with Crippen molar-refractivity contribution in [2.45, 2.75) is 19.8 Å². The first kappa shape index (κ1) is 15.4. The number of ether oxygens (including phenoxy) is 2. The lowest BCUT2D eigenvalue weighted by atomic mass is 9.93. The van der Waals surface area contributed by atoms with Crippen molar-refractivity contribution in [3.05, 3.63) is 23.8 Å². The van der Waals surface area contributed by atoms with Gasteiger partial charge in [0, 0.05) is 25.4 Å². The molecule has 5 heteroatoms. The monoisotopic (exact) mass is 291 g/mol. The summed E-state index contributed by atoms with van der Waals surface area (Å²) in [5.74, 6) is 1.01. The third-order valence-electron chi connectivity index (χ3n) is 3.95. The normalized spacial score (nSPS) is 18.5. The van der Waals surface area contributed by atoms with Crippen LogP contribution in [-0.2, 0) is 4.79 Å². The van der Waals surface area contributed by atoms with Crippen LogP contribution in [0.25, 0.3) is 0 Å². The topological polar surface area (TPSA) is 55.8 Å². The van der Waals surface area contributed by atoms with E-state index in [0.717, 1.165) is 6.42 Å². The van der Waals surface area contributed by atoms with Crippen molar-refractivity contribution in [3.8, 4) is 11.5 Å². The molecule has 5 nitrogen and oxygen atoms in total. The van der Waals surface area contributed by atoms with E-state index in [2.05, 4.69) is 0 Å². The van der Waals surface area contributed by atoms with E-state index in [-0.39, 0.29) is 17.6 Å². The summed E-state index contributed by atoms with van der Waals surface area (Å²) in [6, 6.07) is 5.26. The van der Waals surface area contributed by atoms with E-state index in [9.17, 15) is 9.59 Å². The number of hydrogen-bond donors (Lipinski definition) is 0. The van der Waals surface area contributed by atoms with Crippen LogP contribution < -0.4 is 9.47 Å². The fourth-order valence-corrected chi connectivity index (χ4v) is 2.67. The van der Waals surface area contributed by atoms with Crippen molar-refractivity contribution in [2.75, 3.05) is 27.3 Å². The molecule has 1 fully saturated rings. The lowest BCUT2D eigenvalue weighted by Crippen LogP contribution is -2.44. The van der Waals surface area contributed by atoms with Crippen LogP contribution in [-0.4, -0.2) is 43.9 Å². The Hall–Kier alpha value is -2.04. The lowest BCUT2D eigenvalue weighted by molar-refractivity contribution is -0.125. The minimum Gasteiger partial charge on any atom is -0.496 e. The van der Waals surface area contributed by atoms with Crippen molar-refractivity contribution >= 4 is 11.7 Å². The Labute approximate surface area is 124 Å². The predicted octanol–water partition coefficient (Wildman–Crippen LogP) is 2.14. The molecule has 1 amide bonds. The quantitative estimate of drug-likeness (QED) is 0.853. The summed E-state index contributed by atoms with van der Waals surface area (Å²) in [6.07, 6.45) is 1.17. The van der Waals surface area contributed by atoms with Gasteiger partial charge in [-0.15, -0.1) is 0 Å². The minimum atomic E-state index is -0.143. The number of carbonyl (C=O) groups excluding carboxylic acids is 2. The second kappa shape index (κ2) is 6.61. The zero-order valence-electron chi connectivity index (χ0n) is 12.7. The molecule has 0 spiro atoms. The van der Waals surface area contributed by atoms with E-state index in [1.54, 1.807) is 23.1 Å². The van der Waals surface area contributed by atoms with Crippen molar-refractivity contribution in [1.82, 2.24) is 4.90 Å². The molecular formula is C16H21NO4. The second-order valence-corrected chi connectivity index (χ2v) is 5.11. The predicted molar refractivity (Wildman–Crippen MR) is 78.9 cm³/mol.